The molecule has 1 heterocycles. The van der Waals surface area contributed by atoms with Gasteiger partial charge in [-0.05, 0) is 33.6 Å². The number of halogens is 2. The highest BCUT2D eigenvalue weighted by Crippen LogP contribution is 2.25. The van der Waals surface area contributed by atoms with Crippen molar-refractivity contribution in [2.24, 2.45) is 0 Å². The maximum absolute atomic E-state index is 12.2. The number of carbonyl (C=O) groups excluding carboxylic acids is 2. The topological polar surface area (TPSA) is 67.4 Å². The van der Waals surface area contributed by atoms with E-state index in [2.05, 4.69) is 26.6 Å². The summed E-state index contributed by atoms with van der Waals surface area (Å²) < 4.78 is 5.67. The predicted molar refractivity (Wildman–Crippen MR) is 98.2 cm³/mol. The minimum absolute atomic E-state index is 0.00178. The fourth-order valence-corrected chi connectivity index (χ4v) is 3.73. The molecule has 2 aromatic rings. The lowest BCUT2D eigenvalue weighted by Gasteiger charge is -2.19. The first-order valence-corrected chi connectivity index (χ1v) is 9.13. The van der Waals surface area contributed by atoms with Gasteiger partial charge in [0.1, 0.15) is 0 Å². The largest absolute Gasteiger partial charge is 0.469 e. The van der Waals surface area contributed by atoms with Crippen LogP contribution in [0.1, 0.15) is 22.9 Å². The molecule has 0 radical (unpaired) electrons. The predicted octanol–water partition coefficient (Wildman–Crippen LogP) is 4.27. The van der Waals surface area contributed by atoms with Crippen LogP contribution in [0, 0.1) is 0 Å². The third kappa shape index (κ3) is 5.51. The molecule has 8 heteroatoms. The average molecular weight is 432 g/mol. The highest BCUT2D eigenvalue weighted by Gasteiger charge is 2.21. The van der Waals surface area contributed by atoms with E-state index < -0.39 is 12.0 Å². The van der Waals surface area contributed by atoms with Crippen molar-refractivity contribution in [2.45, 2.75) is 19.0 Å². The number of esters is 1. The number of hydrogen-bond acceptors (Lipinski definition) is 4. The molecule has 24 heavy (non-hydrogen) atoms. The quantitative estimate of drug-likeness (QED) is 0.671. The molecule has 0 saturated heterocycles. The van der Waals surface area contributed by atoms with Gasteiger partial charge in [0.15, 0.2) is 0 Å². The normalized spacial score (nSPS) is 11.6. The van der Waals surface area contributed by atoms with E-state index in [4.69, 9.17) is 16.3 Å². The van der Waals surface area contributed by atoms with Crippen molar-refractivity contribution in [1.82, 2.24) is 10.6 Å². The minimum atomic E-state index is -0.568. The van der Waals surface area contributed by atoms with Crippen molar-refractivity contribution < 1.29 is 14.3 Å². The molecule has 0 saturated carbocycles. The van der Waals surface area contributed by atoms with Crippen LogP contribution in [0.4, 0.5) is 4.79 Å². The Kier molecular flexibility index (Phi) is 7.08. The van der Waals surface area contributed by atoms with Gasteiger partial charge in [0, 0.05) is 19.8 Å². The molecular weight excluding hydrogens is 416 g/mol. The number of ether oxygens (including phenoxy) is 1. The zero-order valence-electron chi connectivity index (χ0n) is 12.8. The molecule has 1 aromatic heterocycles. The number of rotatable bonds is 6. The van der Waals surface area contributed by atoms with Crippen LogP contribution in [0.25, 0.3) is 0 Å². The molecule has 128 valence electrons. The molecule has 2 amide bonds. The van der Waals surface area contributed by atoms with Gasteiger partial charge in [-0.3, -0.25) is 4.79 Å². The Hall–Kier alpha value is -1.57. The lowest BCUT2D eigenvalue weighted by molar-refractivity contribution is -0.141. The van der Waals surface area contributed by atoms with Gasteiger partial charge >= 0.3 is 12.0 Å². The molecule has 0 bridgehead atoms. The van der Waals surface area contributed by atoms with Crippen molar-refractivity contribution in [2.75, 3.05) is 7.11 Å². The number of hydrogen-bond donors (Lipinski definition) is 2. The molecule has 0 aliphatic rings. The first kappa shape index (κ1) is 18.8. The Balaban J connectivity index is 2.02. The molecule has 0 aliphatic carbocycles. The van der Waals surface area contributed by atoms with Gasteiger partial charge in [0.25, 0.3) is 0 Å². The summed E-state index contributed by atoms with van der Waals surface area (Å²) in [7, 11) is 1.31. The molecule has 0 aliphatic heterocycles. The van der Waals surface area contributed by atoms with Crippen LogP contribution in [0.2, 0.25) is 5.02 Å². The second kappa shape index (κ2) is 9.05. The maximum atomic E-state index is 12.2. The highest BCUT2D eigenvalue weighted by atomic mass is 79.9. The van der Waals surface area contributed by atoms with E-state index in [1.54, 1.807) is 24.3 Å². The lowest BCUT2D eigenvalue weighted by Crippen LogP contribution is -2.38. The second-order valence-electron chi connectivity index (χ2n) is 4.91. The van der Waals surface area contributed by atoms with E-state index in [1.165, 1.54) is 18.4 Å². The Labute approximate surface area is 157 Å². The zero-order valence-corrected chi connectivity index (χ0v) is 16.0. The highest BCUT2D eigenvalue weighted by molar-refractivity contribution is 9.10. The Morgan fingerprint density at radius 3 is 2.75 bits per heavy atom. The van der Waals surface area contributed by atoms with Crippen LogP contribution in [-0.4, -0.2) is 19.1 Å². The molecule has 2 rings (SSSR count). The number of methoxy groups -OCH3 is 1. The summed E-state index contributed by atoms with van der Waals surface area (Å²) in [6.45, 7) is 0.398. The van der Waals surface area contributed by atoms with Crippen LogP contribution < -0.4 is 10.6 Å². The minimum Gasteiger partial charge on any atom is -0.469 e. The zero-order chi connectivity index (χ0) is 17.5. The summed E-state index contributed by atoms with van der Waals surface area (Å²) in [5.41, 5.74) is 0.665. The second-order valence-corrected chi connectivity index (χ2v) is 7.23. The van der Waals surface area contributed by atoms with Crippen molar-refractivity contribution >= 4 is 50.9 Å². The third-order valence-corrected chi connectivity index (χ3v) is 5.27. The molecule has 0 spiro atoms. The summed E-state index contributed by atoms with van der Waals surface area (Å²) in [5, 5.41) is 7.97. The van der Waals surface area contributed by atoms with Gasteiger partial charge in [-0.1, -0.05) is 29.8 Å². The molecular formula is C16H16BrClN2O3S. The fourth-order valence-electron chi connectivity index (χ4n) is 2.07. The van der Waals surface area contributed by atoms with Crippen LogP contribution in [0.3, 0.4) is 0 Å². The summed E-state index contributed by atoms with van der Waals surface area (Å²) in [6, 6.07) is 8.06. The van der Waals surface area contributed by atoms with Crippen molar-refractivity contribution in [3.63, 3.8) is 0 Å². The van der Waals surface area contributed by atoms with Crippen LogP contribution in [0.5, 0.6) is 0 Å². The summed E-state index contributed by atoms with van der Waals surface area (Å²) in [5.74, 6) is -0.428. The fraction of sp³-hybridized carbons (Fsp3) is 0.250. The number of amides is 2. The van der Waals surface area contributed by atoms with Gasteiger partial charge in [0.2, 0.25) is 0 Å². The smallest absolute Gasteiger partial charge is 0.315 e. The Bertz CT molecular complexity index is 723. The Morgan fingerprint density at radius 1 is 1.38 bits per heavy atom. The molecule has 5 nitrogen and oxygen atoms in total. The molecule has 1 atom stereocenters. The number of carbonyl (C=O) groups is 2. The van der Waals surface area contributed by atoms with Crippen LogP contribution >= 0.6 is 38.9 Å². The average Bonchev–Trinajstić information content (AvgIpc) is 2.98. The van der Waals surface area contributed by atoms with Gasteiger partial charge in [-0.2, -0.15) is 0 Å². The number of benzene rings is 1. The van der Waals surface area contributed by atoms with E-state index in [1.807, 2.05) is 11.4 Å². The Morgan fingerprint density at radius 2 is 2.12 bits per heavy atom. The van der Waals surface area contributed by atoms with E-state index >= 15 is 0 Å². The van der Waals surface area contributed by atoms with E-state index in [0.29, 0.717) is 17.1 Å². The molecule has 0 fully saturated rings. The number of nitrogens with one attached hydrogen (secondary N) is 2. The van der Waals surface area contributed by atoms with E-state index in [-0.39, 0.29) is 12.5 Å². The van der Waals surface area contributed by atoms with E-state index in [9.17, 15) is 9.59 Å². The standard InChI is InChI=1S/C16H16BrClN2O3S/c1-23-15(21)7-14(12-4-2-3-5-13(12)18)20-16(22)19-8-11-6-10(17)9-24-11/h2-6,9,14H,7-8H2,1H3,(H2,19,20,22). The van der Waals surface area contributed by atoms with Gasteiger partial charge < -0.3 is 15.4 Å². The summed E-state index contributed by atoms with van der Waals surface area (Å²) in [4.78, 5) is 24.8. The lowest BCUT2D eigenvalue weighted by atomic mass is 10.0. The van der Waals surface area contributed by atoms with Crippen molar-refractivity contribution in [1.29, 1.82) is 0 Å². The monoisotopic (exact) mass is 430 g/mol. The van der Waals surface area contributed by atoms with Gasteiger partial charge in [0.05, 0.1) is 26.1 Å². The first-order chi connectivity index (χ1) is 11.5. The van der Waals surface area contributed by atoms with Crippen LogP contribution in [0.15, 0.2) is 40.2 Å². The van der Waals surface area contributed by atoms with Gasteiger partial charge in [-0.15, -0.1) is 11.3 Å². The van der Waals surface area contributed by atoms with Crippen LogP contribution in [-0.2, 0) is 16.1 Å². The number of thiophene rings is 1. The molecule has 1 unspecified atom stereocenters. The van der Waals surface area contributed by atoms with Gasteiger partial charge in [-0.25, -0.2) is 4.79 Å². The molecule has 2 N–H and O–H groups in total. The SMILES string of the molecule is COC(=O)CC(NC(=O)NCc1cc(Br)cs1)c1ccccc1Cl. The summed E-state index contributed by atoms with van der Waals surface area (Å²) in [6.07, 6.45) is -0.00178. The molecule has 1 aromatic carbocycles. The van der Waals surface area contributed by atoms with Crippen molar-refractivity contribution in [3.05, 3.63) is 55.6 Å². The number of urea groups is 1. The third-order valence-electron chi connectivity index (χ3n) is 3.23. The maximum Gasteiger partial charge on any atom is 0.315 e. The van der Waals surface area contributed by atoms with E-state index in [0.717, 1.165) is 9.35 Å². The first-order valence-electron chi connectivity index (χ1n) is 7.08. The van der Waals surface area contributed by atoms with Crippen molar-refractivity contribution in [3.8, 4) is 0 Å². The summed E-state index contributed by atoms with van der Waals surface area (Å²) >= 11 is 11.1.